The predicted octanol–water partition coefficient (Wildman–Crippen LogP) is 4.66. The third kappa shape index (κ3) is 2.44. The van der Waals surface area contributed by atoms with E-state index in [0.29, 0.717) is 4.70 Å². The number of hydrogen-bond donors (Lipinski definition) is 0. The summed E-state index contributed by atoms with van der Waals surface area (Å²) in [5.41, 5.74) is 0.0878. The number of halogens is 4. The average molecular weight is 295 g/mol. The maximum absolute atomic E-state index is 12.6. The smallest absolute Gasteiger partial charge is 0.223 e. The first-order valence-electron chi connectivity index (χ1n) is 5.14. The minimum absolute atomic E-state index is 0.146. The van der Waals surface area contributed by atoms with Crippen molar-refractivity contribution in [3.05, 3.63) is 21.9 Å². The maximum atomic E-state index is 12.6. The van der Waals surface area contributed by atoms with Gasteiger partial charge in [-0.1, -0.05) is 32.4 Å². The van der Waals surface area contributed by atoms with Crippen molar-refractivity contribution in [2.75, 3.05) is 0 Å². The molecule has 0 radical (unpaired) electrons. The zero-order valence-electron chi connectivity index (χ0n) is 9.89. The quantitative estimate of drug-likeness (QED) is 0.660. The van der Waals surface area contributed by atoms with E-state index in [2.05, 4.69) is 9.97 Å². The minimum atomic E-state index is -4.58. The summed E-state index contributed by atoms with van der Waals surface area (Å²) in [4.78, 5) is 7.76. The van der Waals surface area contributed by atoms with Crippen LogP contribution in [0.1, 0.15) is 31.5 Å². The zero-order valence-corrected chi connectivity index (χ0v) is 11.5. The first-order chi connectivity index (χ1) is 8.09. The van der Waals surface area contributed by atoms with E-state index in [1.165, 1.54) is 11.3 Å². The second kappa shape index (κ2) is 4.06. The van der Waals surface area contributed by atoms with Gasteiger partial charge in [0.25, 0.3) is 0 Å². The Hall–Kier alpha value is -0.880. The molecule has 0 N–H and O–H groups in total. The van der Waals surface area contributed by atoms with E-state index < -0.39 is 12.0 Å². The molecule has 0 aliphatic rings. The summed E-state index contributed by atoms with van der Waals surface area (Å²) in [5.74, 6) is -1.20. The van der Waals surface area contributed by atoms with Crippen LogP contribution in [0.15, 0.2) is 6.07 Å². The van der Waals surface area contributed by atoms with Crippen molar-refractivity contribution in [1.82, 2.24) is 9.97 Å². The molecule has 98 valence electrons. The monoisotopic (exact) mass is 294 g/mol. The molecule has 2 aromatic heterocycles. The molecule has 18 heavy (non-hydrogen) atoms. The van der Waals surface area contributed by atoms with Crippen molar-refractivity contribution < 1.29 is 13.2 Å². The van der Waals surface area contributed by atoms with E-state index in [4.69, 9.17) is 11.6 Å². The van der Waals surface area contributed by atoms with Crippen LogP contribution in [0.4, 0.5) is 13.2 Å². The summed E-state index contributed by atoms with van der Waals surface area (Å²) in [6, 6.07) is 1.64. The fourth-order valence-corrected chi connectivity index (χ4v) is 2.72. The van der Waals surface area contributed by atoms with Gasteiger partial charge in [0.05, 0.1) is 10.2 Å². The highest BCUT2D eigenvalue weighted by molar-refractivity contribution is 7.19. The average Bonchev–Trinajstić information content (AvgIpc) is 2.59. The second-order valence-corrected chi connectivity index (χ2v) is 6.32. The molecule has 0 saturated heterocycles. The number of aromatic nitrogens is 2. The van der Waals surface area contributed by atoms with E-state index in [-0.39, 0.29) is 16.1 Å². The Morgan fingerprint density at radius 1 is 1.17 bits per heavy atom. The summed E-state index contributed by atoms with van der Waals surface area (Å²) in [6.45, 7) is 5.93. The predicted molar refractivity (Wildman–Crippen MR) is 66.1 cm³/mol. The first-order valence-corrected chi connectivity index (χ1v) is 6.33. The Balaban J connectivity index is 2.67. The highest BCUT2D eigenvalue weighted by Gasteiger charge is 2.36. The van der Waals surface area contributed by atoms with Crippen LogP contribution in [-0.4, -0.2) is 9.97 Å². The molecule has 0 saturated carbocycles. The van der Waals surface area contributed by atoms with Crippen molar-refractivity contribution in [3.8, 4) is 0 Å². The van der Waals surface area contributed by atoms with Crippen LogP contribution in [-0.2, 0) is 11.6 Å². The van der Waals surface area contributed by atoms with Crippen LogP contribution >= 0.6 is 22.9 Å². The Kier molecular flexibility index (Phi) is 3.06. The Labute approximate surface area is 111 Å². The lowest BCUT2D eigenvalue weighted by atomic mass is 9.95. The molecule has 0 spiro atoms. The maximum Gasteiger partial charge on any atom is 0.451 e. The molecule has 0 aliphatic carbocycles. The molecular weight excluding hydrogens is 285 g/mol. The molecule has 0 unspecified atom stereocenters. The summed E-state index contributed by atoms with van der Waals surface area (Å²) < 4.78 is 38.2. The van der Waals surface area contributed by atoms with Gasteiger partial charge >= 0.3 is 6.18 Å². The number of hydrogen-bond acceptors (Lipinski definition) is 3. The van der Waals surface area contributed by atoms with Gasteiger partial charge in [0.15, 0.2) is 5.15 Å². The van der Waals surface area contributed by atoms with Gasteiger partial charge in [-0.3, -0.25) is 0 Å². The van der Waals surface area contributed by atoms with Gasteiger partial charge in [0.1, 0.15) is 0 Å². The van der Waals surface area contributed by atoms with Gasteiger partial charge in [-0.2, -0.15) is 13.2 Å². The van der Waals surface area contributed by atoms with Gasteiger partial charge < -0.3 is 0 Å². The Bertz CT molecular complexity index is 599. The van der Waals surface area contributed by atoms with Crippen LogP contribution in [0.2, 0.25) is 5.15 Å². The molecule has 0 fully saturated rings. The summed E-state index contributed by atoms with van der Waals surface area (Å²) in [5, 5.41) is -0.146. The molecule has 7 heteroatoms. The lowest BCUT2D eigenvalue weighted by Crippen LogP contribution is -2.10. The molecule has 2 aromatic rings. The molecular formula is C11H10ClF3N2S. The number of rotatable bonds is 0. The third-order valence-corrected chi connectivity index (χ3v) is 4.27. The summed E-state index contributed by atoms with van der Waals surface area (Å²) in [7, 11) is 0. The molecule has 2 heterocycles. The lowest BCUT2D eigenvalue weighted by molar-refractivity contribution is -0.144. The highest BCUT2D eigenvalue weighted by Crippen LogP contribution is 2.38. The number of fused-ring (bicyclic) bond motifs is 1. The Morgan fingerprint density at radius 2 is 1.78 bits per heavy atom. The lowest BCUT2D eigenvalue weighted by Gasteiger charge is -2.14. The van der Waals surface area contributed by atoms with Gasteiger partial charge in [0.2, 0.25) is 5.82 Å². The van der Waals surface area contributed by atoms with E-state index in [0.717, 1.165) is 4.88 Å². The fourth-order valence-electron chi connectivity index (χ4n) is 1.39. The second-order valence-electron chi connectivity index (χ2n) is 4.91. The van der Waals surface area contributed by atoms with Crippen LogP contribution in [0, 0.1) is 0 Å². The Morgan fingerprint density at radius 3 is 2.28 bits per heavy atom. The van der Waals surface area contributed by atoms with Crippen molar-refractivity contribution in [2.45, 2.75) is 32.4 Å². The van der Waals surface area contributed by atoms with Crippen LogP contribution < -0.4 is 0 Å². The van der Waals surface area contributed by atoms with Crippen LogP contribution in [0.25, 0.3) is 10.2 Å². The molecule has 0 aliphatic heterocycles. The van der Waals surface area contributed by atoms with Gasteiger partial charge in [-0.25, -0.2) is 9.97 Å². The van der Waals surface area contributed by atoms with E-state index in [9.17, 15) is 13.2 Å². The third-order valence-electron chi connectivity index (χ3n) is 2.32. The first kappa shape index (κ1) is 13.5. The molecule has 0 atom stereocenters. The SMILES string of the molecule is CC(C)(C)c1cc2nc(C(F)(F)F)nc(Cl)c2s1. The van der Waals surface area contributed by atoms with Gasteiger partial charge in [-0.15, -0.1) is 11.3 Å². The number of nitrogens with zero attached hydrogens (tertiary/aromatic N) is 2. The van der Waals surface area contributed by atoms with Crippen molar-refractivity contribution in [1.29, 1.82) is 0 Å². The van der Waals surface area contributed by atoms with E-state index in [1.54, 1.807) is 6.07 Å². The number of alkyl halides is 3. The van der Waals surface area contributed by atoms with Gasteiger partial charge in [-0.05, 0) is 11.5 Å². The van der Waals surface area contributed by atoms with Crippen molar-refractivity contribution in [3.63, 3.8) is 0 Å². The molecule has 0 bridgehead atoms. The fraction of sp³-hybridized carbons (Fsp3) is 0.455. The van der Waals surface area contributed by atoms with Crippen molar-refractivity contribution >= 4 is 33.2 Å². The molecule has 2 rings (SSSR count). The topological polar surface area (TPSA) is 25.8 Å². The standard InChI is InChI=1S/C11H10ClF3N2S/c1-10(2,3)6-4-5-7(18-6)8(12)17-9(16-5)11(13,14)15/h4H,1-3H3. The minimum Gasteiger partial charge on any atom is -0.223 e. The molecule has 0 amide bonds. The summed E-state index contributed by atoms with van der Waals surface area (Å²) in [6.07, 6.45) is -4.58. The van der Waals surface area contributed by atoms with E-state index >= 15 is 0 Å². The normalized spacial score (nSPS) is 13.3. The van der Waals surface area contributed by atoms with Crippen LogP contribution in [0.5, 0.6) is 0 Å². The van der Waals surface area contributed by atoms with Crippen molar-refractivity contribution in [2.24, 2.45) is 0 Å². The highest BCUT2D eigenvalue weighted by atomic mass is 35.5. The largest absolute Gasteiger partial charge is 0.451 e. The molecule has 2 nitrogen and oxygen atoms in total. The summed E-state index contributed by atoms with van der Waals surface area (Å²) >= 11 is 7.12. The zero-order chi connectivity index (χ0) is 13.7. The van der Waals surface area contributed by atoms with E-state index in [1.807, 2.05) is 20.8 Å². The number of thiophene rings is 1. The molecule has 0 aromatic carbocycles. The van der Waals surface area contributed by atoms with Gasteiger partial charge in [0, 0.05) is 4.88 Å². The van der Waals surface area contributed by atoms with Crippen LogP contribution in [0.3, 0.4) is 0 Å².